The van der Waals surface area contributed by atoms with Crippen LogP contribution in [0.3, 0.4) is 0 Å². The maximum Gasteiger partial charge on any atom is 0.229 e. The number of hydrogen-bond acceptors (Lipinski definition) is 4. The number of carbonyl (C=O) groups is 2. The lowest BCUT2D eigenvalue weighted by molar-refractivity contribution is -0.122. The van der Waals surface area contributed by atoms with Gasteiger partial charge in [-0.05, 0) is 61.2 Å². The molecule has 5 rings (SSSR count). The van der Waals surface area contributed by atoms with E-state index in [-0.39, 0.29) is 24.2 Å². The Labute approximate surface area is 193 Å². The summed E-state index contributed by atoms with van der Waals surface area (Å²) in [6, 6.07) is 15.7. The highest BCUT2D eigenvalue weighted by Gasteiger charge is 2.35. The van der Waals surface area contributed by atoms with Gasteiger partial charge in [0.2, 0.25) is 11.8 Å². The zero-order chi connectivity index (χ0) is 22.8. The second kappa shape index (κ2) is 9.17. The minimum absolute atomic E-state index is 0.0118. The largest absolute Gasteiger partial charge is 0.326 e. The summed E-state index contributed by atoms with van der Waals surface area (Å²) in [5.41, 5.74) is 3.79. The molecule has 170 valence electrons. The Bertz CT molecular complexity index is 1150. The summed E-state index contributed by atoms with van der Waals surface area (Å²) in [6.07, 6.45) is 5.68. The molecule has 2 amide bonds. The van der Waals surface area contributed by atoms with Crippen molar-refractivity contribution in [3.63, 3.8) is 0 Å². The molecule has 2 aliphatic rings. The normalized spacial score (nSPS) is 18.2. The summed E-state index contributed by atoms with van der Waals surface area (Å²) in [7, 11) is 0. The van der Waals surface area contributed by atoms with Gasteiger partial charge in [-0.2, -0.15) is 0 Å². The SMILES string of the molecule is CCc1ccc(N2C[C@@H](C(=O)Nc3ccc(-c4nnc5n4CCCCC5)cc3)CC2=O)cc1. The molecule has 1 aromatic heterocycles. The second-order valence-corrected chi connectivity index (χ2v) is 8.89. The molecule has 0 bridgehead atoms. The predicted molar refractivity (Wildman–Crippen MR) is 128 cm³/mol. The molecule has 0 aliphatic carbocycles. The van der Waals surface area contributed by atoms with Crippen LogP contribution in [0.15, 0.2) is 48.5 Å². The Morgan fingerprint density at radius 2 is 1.82 bits per heavy atom. The van der Waals surface area contributed by atoms with Crippen LogP contribution in [0.25, 0.3) is 11.4 Å². The Morgan fingerprint density at radius 1 is 1.03 bits per heavy atom. The monoisotopic (exact) mass is 443 g/mol. The molecule has 1 fully saturated rings. The van der Waals surface area contributed by atoms with Crippen molar-refractivity contribution in [1.29, 1.82) is 0 Å². The summed E-state index contributed by atoms with van der Waals surface area (Å²) in [5, 5.41) is 11.8. The van der Waals surface area contributed by atoms with Gasteiger partial charge in [-0.25, -0.2) is 0 Å². The average Bonchev–Trinajstić information content (AvgIpc) is 3.35. The van der Waals surface area contributed by atoms with Crippen molar-refractivity contribution in [1.82, 2.24) is 14.8 Å². The van der Waals surface area contributed by atoms with Crippen LogP contribution in [-0.2, 0) is 29.0 Å². The van der Waals surface area contributed by atoms with Crippen molar-refractivity contribution in [2.24, 2.45) is 5.92 Å². The van der Waals surface area contributed by atoms with Crippen molar-refractivity contribution < 1.29 is 9.59 Å². The first-order chi connectivity index (χ1) is 16.1. The maximum absolute atomic E-state index is 12.9. The first kappa shape index (κ1) is 21.4. The maximum atomic E-state index is 12.9. The van der Waals surface area contributed by atoms with Crippen LogP contribution >= 0.6 is 0 Å². The van der Waals surface area contributed by atoms with Crippen LogP contribution in [0.2, 0.25) is 0 Å². The molecule has 7 nitrogen and oxygen atoms in total. The highest BCUT2D eigenvalue weighted by atomic mass is 16.2. The third kappa shape index (κ3) is 4.40. The van der Waals surface area contributed by atoms with E-state index in [2.05, 4.69) is 27.0 Å². The Kier molecular flexibility index (Phi) is 5.94. The van der Waals surface area contributed by atoms with E-state index in [0.29, 0.717) is 6.54 Å². The molecule has 7 heteroatoms. The number of rotatable bonds is 5. The molecule has 33 heavy (non-hydrogen) atoms. The Balaban J connectivity index is 1.24. The second-order valence-electron chi connectivity index (χ2n) is 8.89. The number of anilines is 2. The van der Waals surface area contributed by atoms with E-state index in [1.165, 1.54) is 12.0 Å². The molecule has 0 unspecified atom stereocenters. The number of aromatic nitrogens is 3. The summed E-state index contributed by atoms with van der Waals surface area (Å²) < 4.78 is 2.21. The minimum atomic E-state index is -0.365. The average molecular weight is 444 g/mol. The molecular formula is C26H29N5O2. The van der Waals surface area contributed by atoms with E-state index in [0.717, 1.165) is 60.8 Å². The van der Waals surface area contributed by atoms with Gasteiger partial charge in [-0.15, -0.1) is 10.2 Å². The highest BCUT2D eigenvalue weighted by molar-refractivity contribution is 6.03. The number of fused-ring (bicyclic) bond motifs is 1. The van der Waals surface area contributed by atoms with Gasteiger partial charge in [0.05, 0.1) is 5.92 Å². The summed E-state index contributed by atoms with van der Waals surface area (Å²) in [5.74, 6) is 1.44. The van der Waals surface area contributed by atoms with Gasteiger partial charge < -0.3 is 14.8 Å². The lowest BCUT2D eigenvalue weighted by Crippen LogP contribution is -2.28. The first-order valence-corrected chi connectivity index (χ1v) is 11.8. The number of amides is 2. The number of aryl methyl sites for hydroxylation is 2. The van der Waals surface area contributed by atoms with Crippen LogP contribution in [0.1, 0.15) is 44.0 Å². The fourth-order valence-corrected chi connectivity index (χ4v) is 4.69. The molecule has 3 aromatic rings. The van der Waals surface area contributed by atoms with Crippen molar-refractivity contribution in [3.8, 4) is 11.4 Å². The topological polar surface area (TPSA) is 80.1 Å². The number of nitrogens with one attached hydrogen (secondary N) is 1. The van der Waals surface area contributed by atoms with E-state index in [1.807, 2.05) is 48.5 Å². The lowest BCUT2D eigenvalue weighted by Gasteiger charge is -2.17. The Hall–Kier alpha value is -3.48. The fraction of sp³-hybridized carbons (Fsp3) is 0.385. The van der Waals surface area contributed by atoms with Crippen molar-refractivity contribution >= 4 is 23.2 Å². The Morgan fingerprint density at radius 3 is 2.58 bits per heavy atom. The minimum Gasteiger partial charge on any atom is -0.326 e. The van der Waals surface area contributed by atoms with Gasteiger partial charge in [0.1, 0.15) is 5.82 Å². The summed E-state index contributed by atoms with van der Waals surface area (Å²) >= 11 is 0. The smallest absolute Gasteiger partial charge is 0.229 e. The zero-order valence-corrected chi connectivity index (χ0v) is 19.0. The van der Waals surface area contributed by atoms with Gasteiger partial charge >= 0.3 is 0 Å². The van der Waals surface area contributed by atoms with E-state index >= 15 is 0 Å². The third-order valence-corrected chi connectivity index (χ3v) is 6.67. The quantitative estimate of drug-likeness (QED) is 0.640. The van der Waals surface area contributed by atoms with Crippen molar-refractivity contribution in [2.45, 2.75) is 52.0 Å². The molecular weight excluding hydrogens is 414 g/mol. The lowest BCUT2D eigenvalue weighted by atomic mass is 10.1. The molecule has 0 radical (unpaired) electrons. The third-order valence-electron chi connectivity index (χ3n) is 6.67. The van der Waals surface area contributed by atoms with Gasteiger partial charge in [-0.3, -0.25) is 9.59 Å². The molecule has 2 aliphatic heterocycles. The number of benzene rings is 2. The first-order valence-electron chi connectivity index (χ1n) is 11.8. The predicted octanol–water partition coefficient (Wildman–Crippen LogP) is 4.23. The molecule has 1 atom stereocenters. The van der Waals surface area contributed by atoms with Gasteiger partial charge in [0, 0.05) is 42.9 Å². The van der Waals surface area contributed by atoms with E-state index in [1.54, 1.807) is 4.90 Å². The van der Waals surface area contributed by atoms with Crippen LogP contribution in [0, 0.1) is 5.92 Å². The van der Waals surface area contributed by atoms with Crippen molar-refractivity contribution in [3.05, 3.63) is 59.9 Å². The van der Waals surface area contributed by atoms with Crippen LogP contribution in [0.4, 0.5) is 11.4 Å². The van der Waals surface area contributed by atoms with E-state index < -0.39 is 0 Å². The van der Waals surface area contributed by atoms with E-state index in [4.69, 9.17) is 0 Å². The van der Waals surface area contributed by atoms with Gasteiger partial charge in [0.15, 0.2) is 5.82 Å². The van der Waals surface area contributed by atoms with Gasteiger partial charge in [0.25, 0.3) is 0 Å². The van der Waals surface area contributed by atoms with Crippen LogP contribution < -0.4 is 10.2 Å². The number of nitrogens with zero attached hydrogens (tertiary/aromatic N) is 4. The molecule has 0 spiro atoms. The summed E-state index contributed by atoms with van der Waals surface area (Å²) in [4.78, 5) is 27.1. The molecule has 1 N–H and O–H groups in total. The molecule has 3 heterocycles. The van der Waals surface area contributed by atoms with Crippen LogP contribution in [-0.4, -0.2) is 33.1 Å². The van der Waals surface area contributed by atoms with Crippen molar-refractivity contribution in [2.75, 3.05) is 16.8 Å². The number of carbonyl (C=O) groups excluding carboxylic acids is 2. The molecule has 2 aromatic carbocycles. The van der Waals surface area contributed by atoms with Crippen LogP contribution in [0.5, 0.6) is 0 Å². The fourth-order valence-electron chi connectivity index (χ4n) is 4.69. The van der Waals surface area contributed by atoms with E-state index in [9.17, 15) is 9.59 Å². The zero-order valence-electron chi connectivity index (χ0n) is 19.0. The summed E-state index contributed by atoms with van der Waals surface area (Å²) in [6.45, 7) is 3.45. The number of hydrogen-bond donors (Lipinski definition) is 1. The highest BCUT2D eigenvalue weighted by Crippen LogP contribution is 2.28. The molecule has 1 saturated heterocycles. The molecule has 0 saturated carbocycles. The van der Waals surface area contributed by atoms with Gasteiger partial charge in [-0.1, -0.05) is 25.5 Å². The standard InChI is InChI=1S/C26H29N5O2/c1-2-18-7-13-22(14-8-18)31-17-20(16-24(31)32)26(33)27-21-11-9-19(10-12-21)25-29-28-23-6-4-3-5-15-30(23)25/h7-14,20H,2-6,15-17H2,1H3,(H,27,33)/t20-/m0/s1.